The first kappa shape index (κ1) is 26.2. The maximum atomic E-state index is 13.4. The lowest BCUT2D eigenvalue weighted by molar-refractivity contribution is -0.189. The summed E-state index contributed by atoms with van der Waals surface area (Å²) in [6.45, 7) is 0.138. The largest absolute Gasteiger partial charge is 0.497 e. The number of amides is 4. The van der Waals surface area contributed by atoms with Crippen molar-refractivity contribution in [2.75, 3.05) is 27.2 Å². The van der Waals surface area contributed by atoms with Gasteiger partial charge in [0.25, 0.3) is 0 Å². The van der Waals surface area contributed by atoms with Crippen LogP contribution in [0.1, 0.15) is 17.5 Å². The third-order valence-electron chi connectivity index (χ3n) is 6.44. The number of carboxylic acids is 1. The summed E-state index contributed by atoms with van der Waals surface area (Å²) in [6.07, 6.45) is -1.47. The molecule has 0 aromatic heterocycles. The number of halogens is 1. The molecule has 0 bridgehead atoms. The Bertz CT molecular complexity index is 1190. The van der Waals surface area contributed by atoms with Crippen LogP contribution in [-0.2, 0) is 27.5 Å². The molecule has 37 heavy (non-hydrogen) atoms. The van der Waals surface area contributed by atoms with E-state index in [9.17, 15) is 24.3 Å². The van der Waals surface area contributed by atoms with Crippen molar-refractivity contribution < 1.29 is 29.0 Å². The normalized spacial score (nSPS) is 20.0. The van der Waals surface area contributed by atoms with Crippen LogP contribution >= 0.6 is 11.6 Å². The SMILES string of the molecule is COc1ccc(CNC(=O)N2C3CN(Cc4ccccc4Cl)C(=O)C(CC(=O)O)N3C(=O)CN2C)cc1. The average molecular weight is 530 g/mol. The number of methoxy groups -OCH3 is 1. The molecule has 2 fully saturated rings. The van der Waals surface area contributed by atoms with Gasteiger partial charge in [-0.05, 0) is 29.3 Å². The van der Waals surface area contributed by atoms with Gasteiger partial charge in [-0.25, -0.2) is 14.8 Å². The molecule has 2 aliphatic rings. The Balaban J connectivity index is 1.60. The Morgan fingerprint density at radius 2 is 1.84 bits per heavy atom. The van der Waals surface area contributed by atoms with E-state index >= 15 is 0 Å². The zero-order valence-corrected chi connectivity index (χ0v) is 21.2. The van der Waals surface area contributed by atoms with Gasteiger partial charge in [-0.1, -0.05) is 41.9 Å². The summed E-state index contributed by atoms with van der Waals surface area (Å²) >= 11 is 6.31. The number of fused-ring (bicyclic) bond motifs is 1. The molecule has 2 atom stereocenters. The number of ether oxygens (including phenoxy) is 1. The number of benzene rings is 2. The van der Waals surface area contributed by atoms with Crippen LogP contribution in [0.4, 0.5) is 4.79 Å². The van der Waals surface area contributed by atoms with Gasteiger partial charge in [-0.3, -0.25) is 14.4 Å². The molecule has 11 nitrogen and oxygen atoms in total. The van der Waals surface area contributed by atoms with E-state index in [2.05, 4.69) is 5.32 Å². The molecule has 2 heterocycles. The molecule has 196 valence electrons. The molecular formula is C25H28ClN5O6. The number of nitrogens with zero attached hydrogens (tertiary/aromatic N) is 4. The zero-order chi connectivity index (χ0) is 26.7. The lowest BCUT2D eigenvalue weighted by Crippen LogP contribution is -2.76. The molecule has 2 unspecified atom stereocenters. The summed E-state index contributed by atoms with van der Waals surface area (Å²) in [5, 5.41) is 15.7. The number of piperazine rings is 1. The number of hydrogen-bond donors (Lipinski definition) is 2. The standard InChI is InChI=1S/C25H28ClN5O6/c1-28-15-22(32)30-20(11-23(33)34)24(35)29(13-17-5-3-4-6-19(17)26)14-21(30)31(28)25(36)27-12-16-7-9-18(37-2)10-8-16/h3-10,20-21H,11-15H2,1-2H3,(H,27,36)(H,33,34). The Hall–Kier alpha value is -3.83. The molecule has 0 spiro atoms. The van der Waals surface area contributed by atoms with Crippen LogP contribution in [-0.4, -0.2) is 88.2 Å². The number of aliphatic carboxylic acids is 1. The van der Waals surface area contributed by atoms with E-state index < -0.39 is 42.4 Å². The highest BCUT2D eigenvalue weighted by atomic mass is 35.5. The minimum absolute atomic E-state index is 0.00773. The summed E-state index contributed by atoms with van der Waals surface area (Å²) in [4.78, 5) is 54.1. The number of hydrazine groups is 1. The van der Waals surface area contributed by atoms with Gasteiger partial charge in [-0.2, -0.15) is 0 Å². The number of carbonyl (C=O) groups excluding carboxylic acids is 3. The van der Waals surface area contributed by atoms with Crippen molar-refractivity contribution in [1.82, 2.24) is 25.1 Å². The summed E-state index contributed by atoms with van der Waals surface area (Å²) in [5.41, 5.74) is 1.51. The van der Waals surface area contributed by atoms with Crippen molar-refractivity contribution in [1.29, 1.82) is 0 Å². The van der Waals surface area contributed by atoms with Crippen molar-refractivity contribution in [2.24, 2.45) is 0 Å². The summed E-state index contributed by atoms with van der Waals surface area (Å²) in [7, 11) is 3.17. The van der Waals surface area contributed by atoms with E-state index in [0.717, 1.165) is 5.56 Å². The number of urea groups is 1. The summed E-state index contributed by atoms with van der Waals surface area (Å²) in [6, 6.07) is 12.5. The molecular weight excluding hydrogens is 502 g/mol. The van der Waals surface area contributed by atoms with Crippen LogP contribution in [0.5, 0.6) is 5.75 Å². The van der Waals surface area contributed by atoms with E-state index in [-0.39, 0.29) is 26.2 Å². The van der Waals surface area contributed by atoms with E-state index in [1.165, 1.54) is 19.8 Å². The highest BCUT2D eigenvalue weighted by Crippen LogP contribution is 2.29. The van der Waals surface area contributed by atoms with Crippen molar-refractivity contribution in [3.8, 4) is 5.75 Å². The second kappa shape index (κ2) is 11.1. The minimum atomic E-state index is -1.25. The average Bonchev–Trinajstić information content (AvgIpc) is 2.86. The van der Waals surface area contributed by atoms with Gasteiger partial charge in [0.2, 0.25) is 11.8 Å². The fraction of sp³-hybridized carbons (Fsp3) is 0.360. The van der Waals surface area contributed by atoms with Crippen molar-refractivity contribution in [3.63, 3.8) is 0 Å². The van der Waals surface area contributed by atoms with Gasteiger partial charge in [0.05, 0.1) is 26.6 Å². The summed E-state index contributed by atoms with van der Waals surface area (Å²) in [5.74, 6) is -1.47. The highest BCUT2D eigenvalue weighted by molar-refractivity contribution is 6.31. The lowest BCUT2D eigenvalue weighted by atomic mass is 10.0. The number of carboxylic acid groups (broad SMARTS) is 1. The predicted octanol–water partition coefficient (Wildman–Crippen LogP) is 1.76. The first-order chi connectivity index (χ1) is 17.7. The molecule has 2 aromatic carbocycles. The fourth-order valence-corrected chi connectivity index (χ4v) is 4.84. The Morgan fingerprint density at radius 1 is 1.14 bits per heavy atom. The monoisotopic (exact) mass is 529 g/mol. The fourth-order valence-electron chi connectivity index (χ4n) is 4.65. The van der Waals surface area contributed by atoms with Crippen molar-refractivity contribution >= 4 is 35.4 Å². The number of carbonyl (C=O) groups is 4. The summed E-state index contributed by atoms with van der Waals surface area (Å²) < 4.78 is 5.16. The van der Waals surface area contributed by atoms with E-state index in [4.69, 9.17) is 16.3 Å². The molecule has 0 radical (unpaired) electrons. The molecule has 2 N–H and O–H groups in total. The van der Waals surface area contributed by atoms with Crippen LogP contribution in [0, 0.1) is 0 Å². The number of likely N-dealkylation sites (N-methyl/N-ethyl adjacent to an activating group) is 1. The van der Waals surface area contributed by atoms with Crippen LogP contribution in [0.2, 0.25) is 5.02 Å². The molecule has 0 saturated carbocycles. The van der Waals surface area contributed by atoms with Gasteiger partial charge < -0.3 is 25.0 Å². The molecule has 2 saturated heterocycles. The van der Waals surface area contributed by atoms with Crippen LogP contribution < -0.4 is 10.1 Å². The van der Waals surface area contributed by atoms with Gasteiger partial charge in [-0.15, -0.1) is 0 Å². The molecule has 2 aliphatic heterocycles. The molecule has 4 amide bonds. The van der Waals surface area contributed by atoms with Crippen molar-refractivity contribution in [3.05, 3.63) is 64.7 Å². The smallest absolute Gasteiger partial charge is 0.334 e. The third kappa shape index (κ3) is 5.62. The first-order valence-electron chi connectivity index (χ1n) is 11.7. The number of rotatable bonds is 7. The van der Waals surface area contributed by atoms with Crippen molar-refractivity contribution in [2.45, 2.75) is 31.7 Å². The molecule has 12 heteroatoms. The van der Waals surface area contributed by atoms with E-state index in [0.29, 0.717) is 16.3 Å². The van der Waals surface area contributed by atoms with Gasteiger partial charge in [0, 0.05) is 25.2 Å². The highest BCUT2D eigenvalue weighted by Gasteiger charge is 2.51. The maximum Gasteiger partial charge on any atom is 0.334 e. The van der Waals surface area contributed by atoms with Gasteiger partial charge >= 0.3 is 12.0 Å². The van der Waals surface area contributed by atoms with Crippen LogP contribution in [0.3, 0.4) is 0 Å². The van der Waals surface area contributed by atoms with Gasteiger partial charge in [0.1, 0.15) is 18.0 Å². The topological polar surface area (TPSA) is 123 Å². The second-order valence-corrected chi connectivity index (χ2v) is 9.28. The third-order valence-corrected chi connectivity index (χ3v) is 6.81. The van der Waals surface area contributed by atoms with Crippen LogP contribution in [0.25, 0.3) is 0 Å². The Morgan fingerprint density at radius 3 is 2.49 bits per heavy atom. The molecule has 2 aromatic rings. The Labute approximate surface area is 219 Å². The molecule has 4 rings (SSSR count). The zero-order valence-electron chi connectivity index (χ0n) is 20.5. The van der Waals surface area contributed by atoms with Gasteiger partial charge in [0.15, 0.2) is 0 Å². The van der Waals surface area contributed by atoms with E-state index in [1.54, 1.807) is 50.6 Å². The second-order valence-electron chi connectivity index (χ2n) is 8.87. The van der Waals surface area contributed by atoms with E-state index in [1.807, 2.05) is 12.1 Å². The minimum Gasteiger partial charge on any atom is -0.497 e. The lowest BCUT2D eigenvalue weighted by Gasteiger charge is -2.54. The predicted molar refractivity (Wildman–Crippen MR) is 133 cm³/mol. The Kier molecular flexibility index (Phi) is 7.84. The maximum absolute atomic E-state index is 13.4. The molecule has 0 aliphatic carbocycles. The number of nitrogens with one attached hydrogen (secondary N) is 1. The first-order valence-corrected chi connectivity index (χ1v) is 12.0. The van der Waals surface area contributed by atoms with Crippen LogP contribution in [0.15, 0.2) is 48.5 Å². The number of hydrogen-bond acceptors (Lipinski definition) is 6. The quantitative estimate of drug-likeness (QED) is 0.560.